The predicted octanol–water partition coefficient (Wildman–Crippen LogP) is 2.42. The van der Waals surface area contributed by atoms with Gasteiger partial charge in [-0.1, -0.05) is 25.1 Å². The summed E-state index contributed by atoms with van der Waals surface area (Å²) >= 11 is 0. The summed E-state index contributed by atoms with van der Waals surface area (Å²) in [6.45, 7) is 4.59. The van der Waals surface area contributed by atoms with Crippen LogP contribution in [0.25, 0.3) is 11.0 Å². The molecule has 0 saturated heterocycles. The quantitative estimate of drug-likeness (QED) is 0.445. The number of hydrogen-bond donors (Lipinski definition) is 3. The molecular weight excluding hydrogens is 388 g/mol. The van der Waals surface area contributed by atoms with Crippen LogP contribution in [0.2, 0.25) is 0 Å². The highest BCUT2D eigenvalue weighted by Crippen LogP contribution is 2.37. The first kappa shape index (κ1) is 19.8. The fourth-order valence-corrected chi connectivity index (χ4v) is 3.80. The molecule has 0 bridgehead atoms. The van der Waals surface area contributed by atoms with Crippen LogP contribution in [-0.4, -0.2) is 33.0 Å². The topological polar surface area (TPSA) is 125 Å². The lowest BCUT2D eigenvalue weighted by atomic mass is 9.81. The second-order valence-corrected chi connectivity index (χ2v) is 7.21. The summed E-state index contributed by atoms with van der Waals surface area (Å²) in [5.41, 5.74) is -0.845. The van der Waals surface area contributed by atoms with Gasteiger partial charge in [-0.15, -0.1) is 6.58 Å². The summed E-state index contributed by atoms with van der Waals surface area (Å²) in [4.78, 5) is 39.2. The molecule has 1 aliphatic carbocycles. The van der Waals surface area contributed by atoms with Crippen molar-refractivity contribution in [2.45, 2.75) is 25.6 Å². The maximum Gasteiger partial charge on any atom is 0.202 e. The molecule has 1 aliphatic rings. The van der Waals surface area contributed by atoms with E-state index in [4.69, 9.17) is 4.42 Å². The summed E-state index contributed by atoms with van der Waals surface area (Å²) < 4.78 is 5.87. The SMILES string of the molecule is C=C[C@H](O)[C@@H](C)c1cc(=O)c2c(CO)cc3c(c2o1)C(=O)c1c(O)cccc1C3=O. The molecule has 1 heterocycles. The number of benzene rings is 2. The van der Waals surface area contributed by atoms with Gasteiger partial charge < -0.3 is 19.7 Å². The minimum Gasteiger partial charge on any atom is -0.507 e. The molecule has 0 spiro atoms. The molecule has 4 rings (SSSR count). The first-order chi connectivity index (χ1) is 14.3. The molecule has 0 unspecified atom stereocenters. The van der Waals surface area contributed by atoms with E-state index in [1.807, 2.05) is 0 Å². The number of carbonyl (C=O) groups is 2. The average Bonchev–Trinajstić information content (AvgIpc) is 2.74. The average molecular weight is 406 g/mol. The Bertz CT molecular complexity index is 1300. The third-order valence-electron chi connectivity index (χ3n) is 5.46. The van der Waals surface area contributed by atoms with Crippen molar-refractivity contribution >= 4 is 22.5 Å². The van der Waals surface area contributed by atoms with Crippen molar-refractivity contribution in [1.29, 1.82) is 0 Å². The van der Waals surface area contributed by atoms with Gasteiger partial charge >= 0.3 is 0 Å². The van der Waals surface area contributed by atoms with E-state index in [0.29, 0.717) is 0 Å². The number of carbonyl (C=O) groups excluding carboxylic acids is 2. The molecule has 30 heavy (non-hydrogen) atoms. The Morgan fingerprint density at radius 1 is 1.10 bits per heavy atom. The Balaban J connectivity index is 2.12. The van der Waals surface area contributed by atoms with Crippen LogP contribution in [0.5, 0.6) is 5.75 Å². The molecule has 1 aromatic heterocycles. The van der Waals surface area contributed by atoms with Gasteiger partial charge in [-0.25, -0.2) is 0 Å². The van der Waals surface area contributed by atoms with Crippen LogP contribution in [0.3, 0.4) is 0 Å². The zero-order chi connectivity index (χ0) is 21.7. The van der Waals surface area contributed by atoms with Gasteiger partial charge in [-0.2, -0.15) is 0 Å². The highest BCUT2D eigenvalue weighted by atomic mass is 16.3. The van der Waals surface area contributed by atoms with Gasteiger partial charge in [0.25, 0.3) is 0 Å². The zero-order valence-corrected chi connectivity index (χ0v) is 16.0. The molecule has 0 fully saturated rings. The van der Waals surface area contributed by atoms with Crippen molar-refractivity contribution in [3.05, 3.63) is 86.8 Å². The first-order valence-electron chi connectivity index (χ1n) is 9.26. The highest BCUT2D eigenvalue weighted by molar-refractivity contribution is 6.32. The van der Waals surface area contributed by atoms with E-state index >= 15 is 0 Å². The van der Waals surface area contributed by atoms with Crippen LogP contribution < -0.4 is 5.43 Å². The summed E-state index contributed by atoms with van der Waals surface area (Å²) in [5, 5.41) is 30.0. The molecule has 3 aromatic rings. The number of rotatable bonds is 4. The van der Waals surface area contributed by atoms with E-state index in [1.54, 1.807) is 6.92 Å². The second kappa shape index (κ2) is 7.05. The van der Waals surface area contributed by atoms with E-state index in [1.165, 1.54) is 36.4 Å². The molecule has 2 atom stereocenters. The molecule has 0 saturated carbocycles. The van der Waals surface area contributed by atoms with Crippen molar-refractivity contribution in [3.63, 3.8) is 0 Å². The first-order valence-corrected chi connectivity index (χ1v) is 9.26. The fraction of sp³-hybridized carbons (Fsp3) is 0.174. The van der Waals surface area contributed by atoms with Crippen LogP contribution in [0, 0.1) is 0 Å². The standard InChI is InChI=1S/C23H18O7/c1-3-14(25)10(2)17-8-16(27)18-11(9-24)7-13-20(23(18)30-17)22(29)19-12(21(13)28)5-4-6-15(19)26/h3-8,10,14,24-26H,1,9H2,2H3/t10-,14+/m1/s1. The molecule has 0 amide bonds. The normalized spacial score (nSPS) is 14.9. The van der Waals surface area contributed by atoms with E-state index in [2.05, 4.69) is 6.58 Å². The molecule has 152 valence electrons. The number of phenolic OH excluding ortho intramolecular Hbond substituents is 1. The van der Waals surface area contributed by atoms with Gasteiger partial charge in [0.05, 0.1) is 29.2 Å². The molecule has 7 nitrogen and oxygen atoms in total. The Hall–Kier alpha value is -3.55. The number of aromatic hydroxyl groups is 1. The maximum absolute atomic E-state index is 13.3. The van der Waals surface area contributed by atoms with Crippen molar-refractivity contribution in [1.82, 2.24) is 0 Å². The lowest BCUT2D eigenvalue weighted by molar-refractivity contribution is 0.0976. The Morgan fingerprint density at radius 2 is 1.83 bits per heavy atom. The number of ketones is 2. The Morgan fingerprint density at radius 3 is 2.50 bits per heavy atom. The number of aliphatic hydroxyl groups is 2. The fourth-order valence-electron chi connectivity index (χ4n) is 3.80. The largest absolute Gasteiger partial charge is 0.507 e. The van der Waals surface area contributed by atoms with Crippen molar-refractivity contribution in [3.8, 4) is 5.75 Å². The van der Waals surface area contributed by atoms with Gasteiger partial charge in [0, 0.05) is 23.1 Å². The maximum atomic E-state index is 13.3. The lowest BCUT2D eigenvalue weighted by Crippen LogP contribution is -2.23. The number of phenols is 1. The lowest BCUT2D eigenvalue weighted by Gasteiger charge is -2.21. The van der Waals surface area contributed by atoms with Gasteiger partial charge in [-0.3, -0.25) is 14.4 Å². The molecule has 3 N–H and O–H groups in total. The van der Waals surface area contributed by atoms with Gasteiger partial charge in [0.2, 0.25) is 5.78 Å². The smallest absolute Gasteiger partial charge is 0.202 e. The van der Waals surface area contributed by atoms with Crippen LogP contribution in [0.15, 0.2) is 52.2 Å². The third kappa shape index (κ3) is 2.71. The third-order valence-corrected chi connectivity index (χ3v) is 5.46. The highest BCUT2D eigenvalue weighted by Gasteiger charge is 2.36. The van der Waals surface area contributed by atoms with E-state index < -0.39 is 35.6 Å². The van der Waals surface area contributed by atoms with Gasteiger partial charge in [0.1, 0.15) is 17.1 Å². The Labute approximate surface area is 170 Å². The van der Waals surface area contributed by atoms with E-state index in [0.717, 1.165) is 0 Å². The summed E-state index contributed by atoms with van der Waals surface area (Å²) in [7, 11) is 0. The summed E-state index contributed by atoms with van der Waals surface area (Å²) in [5.74, 6) is -2.10. The van der Waals surface area contributed by atoms with Crippen molar-refractivity contribution < 1.29 is 29.3 Å². The summed E-state index contributed by atoms with van der Waals surface area (Å²) in [6.07, 6.45) is 0.279. The van der Waals surface area contributed by atoms with Gasteiger partial charge in [0.15, 0.2) is 11.2 Å². The van der Waals surface area contributed by atoms with Crippen LogP contribution in [0.4, 0.5) is 0 Å². The Kier molecular flexibility index (Phi) is 4.64. The number of fused-ring (bicyclic) bond motifs is 4. The summed E-state index contributed by atoms with van der Waals surface area (Å²) in [6, 6.07) is 6.67. The molecule has 7 heteroatoms. The molecule has 2 aromatic carbocycles. The minimum atomic E-state index is -1.01. The second-order valence-electron chi connectivity index (χ2n) is 7.21. The van der Waals surface area contributed by atoms with Crippen LogP contribution in [0.1, 0.15) is 56.0 Å². The predicted molar refractivity (Wildman–Crippen MR) is 108 cm³/mol. The van der Waals surface area contributed by atoms with Crippen molar-refractivity contribution in [2.75, 3.05) is 0 Å². The van der Waals surface area contributed by atoms with E-state index in [-0.39, 0.29) is 50.3 Å². The van der Waals surface area contributed by atoms with Crippen LogP contribution >= 0.6 is 0 Å². The minimum absolute atomic E-state index is 0.0214. The number of hydrogen-bond acceptors (Lipinski definition) is 7. The monoisotopic (exact) mass is 406 g/mol. The van der Waals surface area contributed by atoms with E-state index in [9.17, 15) is 29.7 Å². The van der Waals surface area contributed by atoms with Gasteiger partial charge in [-0.05, 0) is 17.7 Å². The van der Waals surface area contributed by atoms with Crippen molar-refractivity contribution in [2.24, 2.45) is 0 Å². The molecule has 0 aliphatic heterocycles. The molecular formula is C23H18O7. The number of aliphatic hydroxyl groups excluding tert-OH is 2. The van der Waals surface area contributed by atoms with Crippen LogP contribution in [-0.2, 0) is 6.61 Å². The zero-order valence-electron chi connectivity index (χ0n) is 16.0. The molecule has 0 radical (unpaired) electrons.